The van der Waals surface area contributed by atoms with E-state index in [9.17, 15) is 9.59 Å². The van der Waals surface area contributed by atoms with Crippen molar-refractivity contribution in [3.8, 4) is 0 Å². The van der Waals surface area contributed by atoms with E-state index in [0.29, 0.717) is 13.0 Å². The van der Waals surface area contributed by atoms with Gasteiger partial charge in [0.2, 0.25) is 11.8 Å². The van der Waals surface area contributed by atoms with Crippen LogP contribution < -0.4 is 16.4 Å². The largest absolute Gasteiger partial charge is 0.354 e. The topological polar surface area (TPSA) is 84.2 Å². The Morgan fingerprint density at radius 2 is 0.929 bits per heavy atom. The minimum absolute atomic E-state index is 0.0604. The van der Waals surface area contributed by atoms with Crippen molar-refractivity contribution in [2.45, 2.75) is 200 Å². The highest BCUT2D eigenvalue weighted by molar-refractivity contribution is 5.87. The first-order valence-electron chi connectivity index (χ1n) is 18.6. The normalized spacial score (nSPS) is 12.2. The summed E-state index contributed by atoms with van der Waals surface area (Å²) in [6.07, 6.45) is 39.8. The second kappa shape index (κ2) is 34.1. The van der Waals surface area contributed by atoms with Crippen LogP contribution in [0.4, 0.5) is 0 Å². The fraction of sp³-hybridized carbons (Fsp3) is 0.892. The highest BCUT2D eigenvalue weighted by Gasteiger charge is 2.18. The van der Waals surface area contributed by atoms with Crippen molar-refractivity contribution in [3.63, 3.8) is 0 Å². The van der Waals surface area contributed by atoms with E-state index < -0.39 is 6.04 Å². The fourth-order valence-corrected chi connectivity index (χ4v) is 5.51. The summed E-state index contributed by atoms with van der Waals surface area (Å²) in [5.41, 5.74) is 5.78. The zero-order valence-corrected chi connectivity index (χ0v) is 28.3. The van der Waals surface area contributed by atoms with Gasteiger partial charge in [-0.05, 0) is 38.5 Å². The first-order valence-corrected chi connectivity index (χ1v) is 18.6. The number of rotatable bonds is 33. The van der Waals surface area contributed by atoms with Gasteiger partial charge in [-0.25, -0.2) is 0 Å². The summed E-state index contributed by atoms with van der Waals surface area (Å²) in [5.74, 6) is -0.209. The Morgan fingerprint density at radius 1 is 0.548 bits per heavy atom. The molecule has 1 unspecified atom stereocenters. The van der Waals surface area contributed by atoms with Crippen LogP contribution in [0.25, 0.3) is 0 Å². The molecule has 0 aromatic heterocycles. The third-order valence-corrected chi connectivity index (χ3v) is 8.38. The van der Waals surface area contributed by atoms with Gasteiger partial charge in [-0.1, -0.05) is 161 Å². The van der Waals surface area contributed by atoms with E-state index in [1.807, 2.05) is 0 Å². The van der Waals surface area contributed by atoms with E-state index in [4.69, 9.17) is 5.73 Å². The van der Waals surface area contributed by atoms with Gasteiger partial charge in [0, 0.05) is 19.5 Å². The molecule has 0 radical (unpaired) electrons. The smallest absolute Gasteiger partial charge is 0.243 e. The molecule has 4 N–H and O–H groups in total. The highest BCUT2D eigenvalue weighted by Crippen LogP contribution is 2.13. The number of allylic oxidation sites excluding steroid dienone is 2. The summed E-state index contributed by atoms with van der Waals surface area (Å²) in [6, 6.07) is -0.618. The molecule has 0 aromatic carbocycles. The summed E-state index contributed by atoms with van der Waals surface area (Å²) >= 11 is 0. The van der Waals surface area contributed by atoms with Gasteiger partial charge in [-0.3, -0.25) is 9.59 Å². The van der Waals surface area contributed by atoms with Gasteiger partial charge in [0.05, 0.1) is 0 Å². The summed E-state index contributed by atoms with van der Waals surface area (Å²) in [5, 5.41) is 5.80. The van der Waals surface area contributed by atoms with Crippen LogP contribution in [-0.2, 0) is 9.59 Å². The van der Waals surface area contributed by atoms with Gasteiger partial charge >= 0.3 is 0 Å². The SMILES string of the molecule is CCCCCCCC/C=C/CCCCCCCC(=O)NC(CN)C(=O)NCCCCCCCCCCCCCCCC. The van der Waals surface area contributed by atoms with Crippen molar-refractivity contribution in [2.75, 3.05) is 13.1 Å². The molecule has 42 heavy (non-hydrogen) atoms. The molecule has 0 spiro atoms. The second-order valence-electron chi connectivity index (χ2n) is 12.6. The number of nitrogens with two attached hydrogens (primary N) is 1. The molecule has 5 nitrogen and oxygen atoms in total. The molecule has 0 fully saturated rings. The maximum atomic E-state index is 12.4. The number of carbonyl (C=O) groups excluding carboxylic acids is 2. The van der Waals surface area contributed by atoms with E-state index >= 15 is 0 Å². The third kappa shape index (κ3) is 30.1. The number of carbonyl (C=O) groups is 2. The van der Waals surface area contributed by atoms with Crippen LogP contribution in [0.1, 0.15) is 194 Å². The summed E-state index contributed by atoms with van der Waals surface area (Å²) < 4.78 is 0. The lowest BCUT2D eigenvalue weighted by Gasteiger charge is -2.16. The fourth-order valence-electron chi connectivity index (χ4n) is 5.51. The van der Waals surface area contributed by atoms with Gasteiger partial charge in [0.25, 0.3) is 0 Å². The molecule has 5 heteroatoms. The molecule has 0 saturated carbocycles. The van der Waals surface area contributed by atoms with E-state index in [1.54, 1.807) is 0 Å². The van der Waals surface area contributed by atoms with Crippen LogP contribution in [0, 0.1) is 0 Å². The van der Waals surface area contributed by atoms with Crippen molar-refractivity contribution in [2.24, 2.45) is 5.73 Å². The highest BCUT2D eigenvalue weighted by atomic mass is 16.2. The Kier molecular flexibility index (Phi) is 33.0. The number of unbranched alkanes of at least 4 members (excludes halogenated alkanes) is 24. The van der Waals surface area contributed by atoms with Crippen molar-refractivity contribution in [1.82, 2.24) is 10.6 Å². The molecule has 0 aliphatic heterocycles. The first-order chi connectivity index (χ1) is 20.7. The zero-order chi connectivity index (χ0) is 30.8. The van der Waals surface area contributed by atoms with Crippen molar-refractivity contribution in [3.05, 3.63) is 12.2 Å². The molecule has 0 heterocycles. The van der Waals surface area contributed by atoms with Gasteiger partial charge in [-0.15, -0.1) is 0 Å². The van der Waals surface area contributed by atoms with Crippen LogP contribution in [0.2, 0.25) is 0 Å². The Hall–Kier alpha value is -1.36. The van der Waals surface area contributed by atoms with Crippen LogP contribution >= 0.6 is 0 Å². The standard InChI is InChI=1S/C37H73N3O2/c1-3-5-7-9-11-13-15-17-19-20-22-24-26-28-30-32-36(41)40-35(34-38)37(42)39-33-31-29-27-25-23-21-18-16-14-12-10-8-6-4-2/h17,19,35H,3-16,18,20-34,38H2,1-2H3,(H,39,42)(H,40,41)/b19-17+. The number of hydrogen-bond acceptors (Lipinski definition) is 3. The van der Waals surface area contributed by atoms with E-state index in [1.165, 1.54) is 148 Å². The molecule has 0 saturated heterocycles. The van der Waals surface area contributed by atoms with E-state index in [-0.39, 0.29) is 18.4 Å². The van der Waals surface area contributed by atoms with Crippen LogP contribution in [0.15, 0.2) is 12.2 Å². The van der Waals surface area contributed by atoms with E-state index in [0.717, 1.165) is 25.7 Å². The van der Waals surface area contributed by atoms with Crippen LogP contribution in [0.5, 0.6) is 0 Å². The van der Waals surface area contributed by atoms with Crippen molar-refractivity contribution >= 4 is 11.8 Å². The lowest BCUT2D eigenvalue weighted by Crippen LogP contribution is -2.50. The van der Waals surface area contributed by atoms with Gasteiger partial charge in [0.15, 0.2) is 0 Å². The molecule has 248 valence electrons. The van der Waals surface area contributed by atoms with Crippen molar-refractivity contribution in [1.29, 1.82) is 0 Å². The Labute approximate surface area is 262 Å². The molecule has 0 aromatic rings. The zero-order valence-electron chi connectivity index (χ0n) is 28.3. The summed E-state index contributed by atoms with van der Waals surface area (Å²) in [6.45, 7) is 5.35. The maximum absolute atomic E-state index is 12.4. The molecule has 0 aliphatic carbocycles. The molecule has 2 amide bonds. The predicted molar refractivity (Wildman–Crippen MR) is 184 cm³/mol. The third-order valence-electron chi connectivity index (χ3n) is 8.38. The predicted octanol–water partition coefficient (Wildman–Crippen LogP) is 10.1. The molecule has 0 bridgehead atoms. The quantitative estimate of drug-likeness (QED) is 0.0524. The average molecular weight is 592 g/mol. The summed E-state index contributed by atoms with van der Waals surface area (Å²) in [7, 11) is 0. The van der Waals surface area contributed by atoms with Gasteiger partial charge in [-0.2, -0.15) is 0 Å². The van der Waals surface area contributed by atoms with Crippen LogP contribution in [0.3, 0.4) is 0 Å². The monoisotopic (exact) mass is 592 g/mol. The Morgan fingerprint density at radius 3 is 1.36 bits per heavy atom. The number of amides is 2. The van der Waals surface area contributed by atoms with Crippen molar-refractivity contribution < 1.29 is 9.59 Å². The van der Waals surface area contributed by atoms with E-state index in [2.05, 4.69) is 36.6 Å². The maximum Gasteiger partial charge on any atom is 0.243 e. The molecular formula is C37H73N3O2. The minimum atomic E-state index is -0.618. The molecular weight excluding hydrogens is 518 g/mol. The van der Waals surface area contributed by atoms with Gasteiger partial charge < -0.3 is 16.4 Å². The minimum Gasteiger partial charge on any atom is -0.354 e. The second-order valence-corrected chi connectivity index (χ2v) is 12.6. The molecule has 0 aliphatic rings. The van der Waals surface area contributed by atoms with Crippen LogP contribution in [-0.4, -0.2) is 30.9 Å². The first kappa shape index (κ1) is 40.6. The Balaban J connectivity index is 3.56. The lowest BCUT2D eigenvalue weighted by molar-refractivity contribution is -0.128. The average Bonchev–Trinajstić information content (AvgIpc) is 2.99. The summed E-state index contributed by atoms with van der Waals surface area (Å²) in [4.78, 5) is 24.8. The number of nitrogens with one attached hydrogen (secondary N) is 2. The Bertz CT molecular complexity index is 608. The number of hydrogen-bond donors (Lipinski definition) is 3. The van der Waals surface area contributed by atoms with Gasteiger partial charge in [0.1, 0.15) is 6.04 Å². The molecule has 1 atom stereocenters. The lowest BCUT2D eigenvalue weighted by atomic mass is 10.0. The molecule has 0 rings (SSSR count).